The number of hydrogen-bond donors (Lipinski definition) is 1. The van der Waals surface area contributed by atoms with E-state index in [2.05, 4.69) is 59.3 Å². The van der Waals surface area contributed by atoms with Crippen molar-refractivity contribution in [3.05, 3.63) is 35.9 Å². The van der Waals surface area contributed by atoms with Gasteiger partial charge in [0.1, 0.15) is 0 Å². The van der Waals surface area contributed by atoms with E-state index in [9.17, 15) is 0 Å². The van der Waals surface area contributed by atoms with Gasteiger partial charge in [-0.2, -0.15) is 0 Å². The topological polar surface area (TPSA) is 27.7 Å². The van der Waals surface area contributed by atoms with Gasteiger partial charge in [0.05, 0.1) is 12.7 Å². The standard InChI is InChI=1S/C22H35N3O/c1-17(2)22-15-25-14-20(12-21(25)16-26-22)23-19-8-10-24(11-9-19)13-18-6-4-3-5-7-18/h3-7,17,19-23H,8-16H2,1-2H3/t20-,21+,22+/m1/s1. The summed E-state index contributed by atoms with van der Waals surface area (Å²) in [5, 5.41) is 3.98. The van der Waals surface area contributed by atoms with Crippen molar-refractivity contribution in [2.45, 2.75) is 63.9 Å². The molecule has 0 amide bonds. The molecular weight excluding hydrogens is 322 g/mol. The Balaban J connectivity index is 1.20. The zero-order chi connectivity index (χ0) is 17.9. The van der Waals surface area contributed by atoms with Gasteiger partial charge in [-0.1, -0.05) is 44.2 Å². The minimum Gasteiger partial charge on any atom is -0.375 e. The molecule has 3 aliphatic rings. The highest BCUT2D eigenvalue weighted by Crippen LogP contribution is 2.26. The summed E-state index contributed by atoms with van der Waals surface area (Å²) in [5.41, 5.74) is 1.44. The number of fused-ring (bicyclic) bond motifs is 1. The molecule has 0 radical (unpaired) electrons. The lowest BCUT2D eigenvalue weighted by Gasteiger charge is -2.36. The average Bonchev–Trinajstić information content (AvgIpc) is 3.05. The van der Waals surface area contributed by atoms with Gasteiger partial charge >= 0.3 is 0 Å². The van der Waals surface area contributed by atoms with Gasteiger partial charge < -0.3 is 10.1 Å². The number of likely N-dealkylation sites (tertiary alicyclic amines) is 1. The molecule has 4 heteroatoms. The van der Waals surface area contributed by atoms with Crippen molar-refractivity contribution < 1.29 is 4.74 Å². The van der Waals surface area contributed by atoms with Gasteiger partial charge in [-0.15, -0.1) is 0 Å². The number of ether oxygens (including phenoxy) is 1. The predicted octanol–water partition coefficient (Wildman–Crippen LogP) is 2.74. The molecule has 1 aromatic carbocycles. The fourth-order valence-corrected chi connectivity index (χ4v) is 4.86. The maximum absolute atomic E-state index is 6.09. The number of nitrogens with zero attached hydrogens (tertiary/aromatic N) is 2. The lowest BCUT2D eigenvalue weighted by molar-refractivity contribution is -0.0683. The molecule has 0 aliphatic carbocycles. The molecule has 144 valence electrons. The first kappa shape index (κ1) is 18.4. The molecule has 1 N–H and O–H groups in total. The Morgan fingerprint density at radius 3 is 2.58 bits per heavy atom. The minimum atomic E-state index is 0.422. The maximum atomic E-state index is 6.09. The van der Waals surface area contributed by atoms with Gasteiger partial charge in [0.15, 0.2) is 0 Å². The van der Waals surface area contributed by atoms with E-state index >= 15 is 0 Å². The number of piperidine rings is 1. The zero-order valence-corrected chi connectivity index (χ0v) is 16.4. The van der Waals surface area contributed by atoms with Crippen LogP contribution >= 0.6 is 0 Å². The number of nitrogens with one attached hydrogen (secondary N) is 1. The Labute approximate surface area is 158 Å². The van der Waals surface area contributed by atoms with Crippen LogP contribution in [0.1, 0.15) is 38.7 Å². The second-order valence-corrected chi connectivity index (χ2v) is 8.86. The summed E-state index contributed by atoms with van der Waals surface area (Å²) in [5.74, 6) is 0.622. The lowest BCUT2D eigenvalue weighted by Crippen LogP contribution is -2.48. The number of hydrogen-bond acceptors (Lipinski definition) is 4. The fraction of sp³-hybridized carbons (Fsp3) is 0.727. The third-order valence-electron chi connectivity index (χ3n) is 6.50. The highest BCUT2D eigenvalue weighted by atomic mass is 16.5. The van der Waals surface area contributed by atoms with Crippen LogP contribution < -0.4 is 5.32 Å². The number of benzene rings is 1. The predicted molar refractivity (Wildman–Crippen MR) is 106 cm³/mol. The highest BCUT2D eigenvalue weighted by Gasteiger charge is 2.38. The molecule has 0 unspecified atom stereocenters. The summed E-state index contributed by atoms with van der Waals surface area (Å²) in [7, 11) is 0. The summed E-state index contributed by atoms with van der Waals surface area (Å²) in [6, 6.07) is 12.9. The molecule has 3 saturated heterocycles. The Bertz CT molecular complexity index is 556. The summed E-state index contributed by atoms with van der Waals surface area (Å²) in [6.45, 7) is 11.3. The molecule has 3 aliphatic heterocycles. The van der Waals surface area contributed by atoms with Gasteiger partial charge in [-0.25, -0.2) is 0 Å². The molecule has 3 fully saturated rings. The average molecular weight is 358 g/mol. The van der Waals surface area contributed by atoms with Gasteiger partial charge in [0.2, 0.25) is 0 Å². The van der Waals surface area contributed by atoms with Crippen LogP contribution in [0.3, 0.4) is 0 Å². The second kappa shape index (κ2) is 8.39. The van der Waals surface area contributed by atoms with Crippen LogP contribution in [-0.4, -0.2) is 66.8 Å². The smallest absolute Gasteiger partial charge is 0.0725 e. The van der Waals surface area contributed by atoms with E-state index in [1.807, 2.05) is 0 Å². The van der Waals surface area contributed by atoms with Crippen molar-refractivity contribution in [2.24, 2.45) is 5.92 Å². The van der Waals surface area contributed by atoms with E-state index in [1.165, 1.54) is 44.5 Å². The van der Waals surface area contributed by atoms with E-state index < -0.39 is 0 Å². The molecule has 26 heavy (non-hydrogen) atoms. The van der Waals surface area contributed by atoms with Gasteiger partial charge in [-0.3, -0.25) is 9.80 Å². The van der Waals surface area contributed by atoms with Crippen LogP contribution in [0.2, 0.25) is 0 Å². The van der Waals surface area contributed by atoms with E-state index in [1.54, 1.807) is 0 Å². The van der Waals surface area contributed by atoms with Crippen LogP contribution in [0.15, 0.2) is 30.3 Å². The molecule has 3 heterocycles. The fourth-order valence-electron chi connectivity index (χ4n) is 4.86. The third kappa shape index (κ3) is 4.48. The molecule has 3 atom stereocenters. The summed E-state index contributed by atoms with van der Waals surface area (Å²) in [6.07, 6.45) is 4.24. The van der Waals surface area contributed by atoms with Crippen molar-refractivity contribution in [3.63, 3.8) is 0 Å². The quantitative estimate of drug-likeness (QED) is 0.877. The van der Waals surface area contributed by atoms with Gasteiger partial charge in [0, 0.05) is 37.8 Å². The van der Waals surface area contributed by atoms with Crippen molar-refractivity contribution in [2.75, 3.05) is 32.8 Å². The molecule has 0 aromatic heterocycles. The molecular formula is C22H35N3O. The van der Waals surface area contributed by atoms with Crippen LogP contribution in [0.4, 0.5) is 0 Å². The monoisotopic (exact) mass is 357 g/mol. The van der Waals surface area contributed by atoms with E-state index in [4.69, 9.17) is 4.74 Å². The van der Waals surface area contributed by atoms with E-state index in [0.717, 1.165) is 19.7 Å². The Morgan fingerprint density at radius 1 is 1.08 bits per heavy atom. The largest absolute Gasteiger partial charge is 0.375 e. The van der Waals surface area contributed by atoms with Crippen LogP contribution in [0.5, 0.6) is 0 Å². The van der Waals surface area contributed by atoms with Crippen LogP contribution in [0, 0.1) is 5.92 Å². The van der Waals surface area contributed by atoms with Gasteiger partial charge in [0.25, 0.3) is 0 Å². The molecule has 0 spiro atoms. The molecule has 0 bridgehead atoms. The Kier molecular flexibility index (Phi) is 5.94. The van der Waals surface area contributed by atoms with Crippen molar-refractivity contribution in [1.82, 2.24) is 15.1 Å². The number of morpholine rings is 1. The number of rotatable bonds is 5. The molecule has 4 nitrogen and oxygen atoms in total. The normalized spacial score (nSPS) is 31.4. The molecule has 0 saturated carbocycles. The molecule has 4 rings (SSSR count). The van der Waals surface area contributed by atoms with E-state index in [0.29, 0.717) is 30.1 Å². The highest BCUT2D eigenvalue weighted by molar-refractivity contribution is 5.14. The minimum absolute atomic E-state index is 0.422. The third-order valence-corrected chi connectivity index (χ3v) is 6.50. The summed E-state index contributed by atoms with van der Waals surface area (Å²) in [4.78, 5) is 5.28. The second-order valence-electron chi connectivity index (χ2n) is 8.86. The maximum Gasteiger partial charge on any atom is 0.0725 e. The van der Waals surface area contributed by atoms with Crippen LogP contribution in [0.25, 0.3) is 0 Å². The van der Waals surface area contributed by atoms with Crippen molar-refractivity contribution >= 4 is 0 Å². The first-order valence-electron chi connectivity index (χ1n) is 10.6. The van der Waals surface area contributed by atoms with Crippen LogP contribution in [-0.2, 0) is 11.3 Å². The van der Waals surface area contributed by atoms with Crippen molar-refractivity contribution in [1.29, 1.82) is 0 Å². The Morgan fingerprint density at radius 2 is 1.85 bits per heavy atom. The van der Waals surface area contributed by atoms with Gasteiger partial charge in [-0.05, 0) is 43.8 Å². The van der Waals surface area contributed by atoms with E-state index in [-0.39, 0.29) is 0 Å². The summed E-state index contributed by atoms with van der Waals surface area (Å²) >= 11 is 0. The molecule has 1 aromatic rings. The first-order chi connectivity index (χ1) is 12.7. The zero-order valence-electron chi connectivity index (χ0n) is 16.4. The van der Waals surface area contributed by atoms with Crippen molar-refractivity contribution in [3.8, 4) is 0 Å². The lowest BCUT2D eigenvalue weighted by atomic mass is 10.0. The summed E-state index contributed by atoms with van der Waals surface area (Å²) < 4.78 is 6.09. The SMILES string of the molecule is CC(C)[C@@H]1CN2C[C@H](NC3CCN(Cc4ccccc4)CC3)C[C@H]2CO1. The first-order valence-corrected chi connectivity index (χ1v) is 10.6. The Hall–Kier alpha value is -0.940.